The summed E-state index contributed by atoms with van der Waals surface area (Å²) in [6, 6.07) is 8.05. The molecule has 3 heterocycles. The summed E-state index contributed by atoms with van der Waals surface area (Å²) in [5.41, 5.74) is 4.76. The lowest BCUT2D eigenvalue weighted by Crippen LogP contribution is -2.39. The van der Waals surface area contributed by atoms with Gasteiger partial charge in [0.2, 0.25) is 0 Å². The Morgan fingerprint density at radius 3 is 2.79 bits per heavy atom. The van der Waals surface area contributed by atoms with Crippen LogP contribution in [0.25, 0.3) is 22.2 Å². The molecule has 2 aromatic heterocycles. The molecular formula is C21H25N3O3Si. The van der Waals surface area contributed by atoms with Crippen LogP contribution in [-0.4, -0.2) is 42.4 Å². The number of amides is 1. The Morgan fingerprint density at radius 1 is 1.32 bits per heavy atom. The Labute approximate surface area is 165 Å². The van der Waals surface area contributed by atoms with E-state index in [2.05, 4.69) is 41.7 Å². The predicted molar refractivity (Wildman–Crippen MR) is 115 cm³/mol. The van der Waals surface area contributed by atoms with Crippen LogP contribution in [0.1, 0.15) is 12.5 Å². The zero-order chi connectivity index (χ0) is 20.1. The summed E-state index contributed by atoms with van der Waals surface area (Å²) < 4.78 is 5.91. The van der Waals surface area contributed by atoms with E-state index in [9.17, 15) is 9.90 Å². The Kier molecular flexibility index (Phi) is 4.42. The van der Waals surface area contributed by atoms with Gasteiger partial charge in [-0.1, -0.05) is 31.8 Å². The lowest BCUT2D eigenvalue weighted by molar-refractivity contribution is 0.202. The first-order chi connectivity index (χ1) is 13.3. The van der Waals surface area contributed by atoms with Crippen molar-refractivity contribution in [2.75, 3.05) is 18.1 Å². The van der Waals surface area contributed by atoms with Gasteiger partial charge in [0.1, 0.15) is 11.4 Å². The standard InChI is InChI=1S/C21H25N3O3Si/c1-5-27-16-8-10-22-19-18(16)17(20(23-19)28(2,3)4)14-7-6-13-9-11-24(21(25)26)15(13)12-14/h6-8,10,12H,5,9,11H2,1-4H3,(H,22,23)(H,25,26). The number of pyridine rings is 1. The van der Waals surface area contributed by atoms with Crippen LogP contribution >= 0.6 is 0 Å². The number of H-pyrrole nitrogens is 1. The van der Waals surface area contributed by atoms with Crippen molar-refractivity contribution >= 4 is 36.2 Å². The van der Waals surface area contributed by atoms with Crippen LogP contribution in [0.15, 0.2) is 30.5 Å². The van der Waals surface area contributed by atoms with Crippen LogP contribution in [0.4, 0.5) is 10.5 Å². The van der Waals surface area contributed by atoms with Gasteiger partial charge in [-0.2, -0.15) is 0 Å². The van der Waals surface area contributed by atoms with Crippen LogP contribution < -0.4 is 15.0 Å². The third-order valence-corrected chi connectivity index (χ3v) is 7.08. The number of nitrogens with one attached hydrogen (secondary N) is 1. The lowest BCUT2D eigenvalue weighted by Gasteiger charge is -2.19. The Hall–Kier alpha value is -2.80. The highest BCUT2D eigenvalue weighted by molar-refractivity contribution is 6.89. The number of hydrogen-bond donors (Lipinski definition) is 2. The molecule has 0 atom stereocenters. The quantitative estimate of drug-likeness (QED) is 0.649. The van der Waals surface area contributed by atoms with Crippen molar-refractivity contribution in [1.82, 2.24) is 9.97 Å². The molecule has 4 rings (SSSR count). The van der Waals surface area contributed by atoms with Crippen molar-refractivity contribution in [3.63, 3.8) is 0 Å². The molecule has 3 aromatic rings. The molecule has 146 valence electrons. The minimum absolute atomic E-state index is 0.509. The van der Waals surface area contributed by atoms with E-state index in [0.717, 1.165) is 45.6 Å². The molecule has 0 fully saturated rings. The Bertz CT molecular complexity index is 1070. The number of carbonyl (C=O) groups is 1. The number of aromatic nitrogens is 2. The maximum absolute atomic E-state index is 11.6. The summed E-state index contributed by atoms with van der Waals surface area (Å²) in [7, 11) is -1.74. The van der Waals surface area contributed by atoms with E-state index in [1.807, 2.05) is 19.1 Å². The van der Waals surface area contributed by atoms with Gasteiger partial charge < -0.3 is 14.8 Å². The number of aromatic amines is 1. The van der Waals surface area contributed by atoms with E-state index in [1.54, 1.807) is 6.20 Å². The molecule has 1 aromatic carbocycles. The van der Waals surface area contributed by atoms with Crippen molar-refractivity contribution in [3.05, 3.63) is 36.0 Å². The van der Waals surface area contributed by atoms with E-state index in [0.29, 0.717) is 13.2 Å². The van der Waals surface area contributed by atoms with Crippen molar-refractivity contribution in [3.8, 4) is 16.9 Å². The number of benzene rings is 1. The fourth-order valence-electron chi connectivity index (χ4n) is 3.95. The largest absolute Gasteiger partial charge is 0.493 e. The molecule has 0 spiro atoms. The fraction of sp³-hybridized carbons (Fsp3) is 0.333. The third kappa shape index (κ3) is 2.95. The van der Waals surface area contributed by atoms with E-state index in [4.69, 9.17) is 4.74 Å². The number of ether oxygens (including phenoxy) is 1. The number of rotatable bonds is 4. The maximum atomic E-state index is 11.6. The van der Waals surface area contributed by atoms with Gasteiger partial charge in [-0.25, -0.2) is 9.78 Å². The van der Waals surface area contributed by atoms with E-state index in [1.165, 1.54) is 10.2 Å². The van der Waals surface area contributed by atoms with Crippen LogP contribution in [0.3, 0.4) is 0 Å². The topological polar surface area (TPSA) is 78.5 Å². The van der Waals surface area contributed by atoms with Gasteiger partial charge in [0.25, 0.3) is 0 Å². The van der Waals surface area contributed by atoms with Crippen LogP contribution in [-0.2, 0) is 6.42 Å². The molecule has 0 bridgehead atoms. The minimum Gasteiger partial charge on any atom is -0.493 e. The number of anilines is 1. The average Bonchev–Trinajstić information content (AvgIpc) is 3.23. The molecule has 7 heteroatoms. The van der Waals surface area contributed by atoms with Crippen LogP contribution in [0, 0.1) is 0 Å². The highest BCUT2D eigenvalue weighted by Gasteiger charge is 2.30. The average molecular weight is 396 g/mol. The number of nitrogens with zero attached hydrogens (tertiary/aromatic N) is 2. The third-order valence-electron chi connectivity index (χ3n) is 5.21. The van der Waals surface area contributed by atoms with Crippen molar-refractivity contribution in [2.45, 2.75) is 33.0 Å². The second-order valence-corrected chi connectivity index (χ2v) is 13.1. The molecule has 1 amide bonds. The summed E-state index contributed by atoms with van der Waals surface area (Å²) in [4.78, 5) is 21.2. The SMILES string of the molecule is CCOc1ccnc2[nH]c([Si](C)(C)C)c(-c3ccc4c(c3)N(C(=O)O)CC4)c12. The molecule has 0 saturated carbocycles. The first-order valence-corrected chi connectivity index (χ1v) is 13.1. The van der Waals surface area contributed by atoms with Gasteiger partial charge in [0.15, 0.2) is 0 Å². The molecule has 0 aliphatic carbocycles. The zero-order valence-electron chi connectivity index (χ0n) is 16.7. The monoisotopic (exact) mass is 395 g/mol. The highest BCUT2D eigenvalue weighted by atomic mass is 28.3. The van der Waals surface area contributed by atoms with Crippen molar-refractivity contribution < 1.29 is 14.6 Å². The Balaban J connectivity index is 2.00. The summed E-state index contributed by atoms with van der Waals surface area (Å²) in [6.07, 6.45) is 1.61. The molecule has 0 saturated heterocycles. The predicted octanol–water partition coefficient (Wildman–Crippen LogP) is 4.21. The molecule has 6 nitrogen and oxygen atoms in total. The number of carboxylic acid groups (broad SMARTS) is 1. The molecular weight excluding hydrogens is 370 g/mol. The summed E-state index contributed by atoms with van der Waals surface area (Å²) in [5, 5.41) is 11.7. The van der Waals surface area contributed by atoms with Gasteiger partial charge in [-0.3, -0.25) is 4.90 Å². The summed E-state index contributed by atoms with van der Waals surface area (Å²) in [5.74, 6) is 0.804. The highest BCUT2D eigenvalue weighted by Crippen LogP contribution is 2.38. The molecule has 1 aliphatic rings. The summed E-state index contributed by atoms with van der Waals surface area (Å²) >= 11 is 0. The van der Waals surface area contributed by atoms with E-state index in [-0.39, 0.29) is 0 Å². The molecule has 1 aliphatic heterocycles. The lowest BCUT2D eigenvalue weighted by atomic mass is 10.0. The number of hydrogen-bond acceptors (Lipinski definition) is 3. The van der Waals surface area contributed by atoms with Gasteiger partial charge >= 0.3 is 6.09 Å². The summed E-state index contributed by atoms with van der Waals surface area (Å²) in [6.45, 7) is 9.92. The van der Waals surface area contributed by atoms with Crippen LogP contribution in [0.5, 0.6) is 5.75 Å². The first-order valence-electron chi connectivity index (χ1n) is 9.59. The van der Waals surface area contributed by atoms with Gasteiger partial charge in [0.05, 0.1) is 25.8 Å². The zero-order valence-corrected chi connectivity index (χ0v) is 17.7. The van der Waals surface area contributed by atoms with Crippen molar-refractivity contribution in [2.24, 2.45) is 0 Å². The number of fused-ring (bicyclic) bond motifs is 2. The fourth-order valence-corrected chi connectivity index (χ4v) is 5.46. The van der Waals surface area contributed by atoms with Crippen molar-refractivity contribution in [1.29, 1.82) is 0 Å². The molecule has 2 N–H and O–H groups in total. The molecule has 0 radical (unpaired) electrons. The molecule has 28 heavy (non-hydrogen) atoms. The maximum Gasteiger partial charge on any atom is 0.411 e. The molecule has 0 unspecified atom stereocenters. The first kappa shape index (κ1) is 18.6. The van der Waals surface area contributed by atoms with E-state index < -0.39 is 14.2 Å². The van der Waals surface area contributed by atoms with E-state index >= 15 is 0 Å². The smallest absolute Gasteiger partial charge is 0.411 e. The van der Waals surface area contributed by atoms with Gasteiger partial charge in [-0.05, 0) is 36.6 Å². The van der Waals surface area contributed by atoms with Crippen LogP contribution in [0.2, 0.25) is 19.6 Å². The second kappa shape index (κ2) is 6.67. The van der Waals surface area contributed by atoms with Gasteiger partial charge in [-0.15, -0.1) is 0 Å². The Morgan fingerprint density at radius 2 is 2.11 bits per heavy atom. The normalized spacial score (nSPS) is 13.8. The second-order valence-electron chi connectivity index (χ2n) is 8.12. The minimum atomic E-state index is -1.74. The van der Waals surface area contributed by atoms with Gasteiger partial charge in [0, 0.05) is 23.6 Å².